The van der Waals surface area contributed by atoms with Crippen molar-refractivity contribution in [3.05, 3.63) is 175 Å². The van der Waals surface area contributed by atoms with Crippen LogP contribution in [0.1, 0.15) is 57.1 Å². The minimum absolute atomic E-state index is 0.329. The largest absolute Gasteiger partial charge is 0.208 e. The van der Waals surface area contributed by atoms with Crippen LogP contribution in [0.15, 0.2) is 164 Å². The molecular formula is C55H46N4. The van der Waals surface area contributed by atoms with E-state index < -0.39 is 0 Å². The number of nitrogens with zero attached hydrogens (tertiary/aromatic N) is 4. The number of rotatable bonds is 7. The Bertz CT molecular complexity index is 2800. The average molecular weight is 763 g/mol. The number of nitriles is 1. The molecule has 2 fully saturated rings. The Kier molecular flexibility index (Phi) is 9.46. The van der Waals surface area contributed by atoms with Crippen molar-refractivity contribution in [3.8, 4) is 73.6 Å². The molecule has 8 aromatic rings. The molecule has 2 bridgehead atoms. The van der Waals surface area contributed by atoms with Crippen molar-refractivity contribution in [2.45, 2.75) is 51.4 Å². The van der Waals surface area contributed by atoms with Crippen LogP contribution in [-0.2, 0) is 5.41 Å². The van der Waals surface area contributed by atoms with Gasteiger partial charge in [-0.15, -0.1) is 0 Å². The van der Waals surface area contributed by atoms with Crippen molar-refractivity contribution in [2.75, 3.05) is 0 Å². The van der Waals surface area contributed by atoms with E-state index in [9.17, 15) is 5.26 Å². The van der Waals surface area contributed by atoms with Crippen LogP contribution in [0.2, 0.25) is 0 Å². The molecule has 2 aliphatic rings. The van der Waals surface area contributed by atoms with Gasteiger partial charge in [-0.05, 0) is 123 Å². The molecule has 7 aromatic carbocycles. The van der Waals surface area contributed by atoms with Crippen LogP contribution < -0.4 is 0 Å². The normalized spacial score (nSPS) is 19.9. The Labute approximate surface area is 347 Å². The summed E-state index contributed by atoms with van der Waals surface area (Å²) in [7, 11) is 0. The van der Waals surface area contributed by atoms with E-state index >= 15 is 0 Å². The molecule has 2 saturated carbocycles. The summed E-state index contributed by atoms with van der Waals surface area (Å²) in [6, 6.07) is 59.8. The molecule has 0 aliphatic heterocycles. The fourth-order valence-electron chi connectivity index (χ4n) is 10.5. The van der Waals surface area contributed by atoms with Crippen LogP contribution in [0.25, 0.3) is 78.3 Å². The fraction of sp³-hybridized carbons (Fsp3) is 0.200. The zero-order valence-corrected chi connectivity index (χ0v) is 33.6. The Morgan fingerprint density at radius 3 is 1.56 bits per heavy atom. The highest BCUT2D eigenvalue weighted by molar-refractivity contribution is 5.97. The summed E-state index contributed by atoms with van der Waals surface area (Å²) in [4.78, 5) is 15.4. The summed E-state index contributed by atoms with van der Waals surface area (Å²) >= 11 is 0. The quantitative estimate of drug-likeness (QED) is 0.162. The third-order valence-corrected chi connectivity index (χ3v) is 13.0. The fourth-order valence-corrected chi connectivity index (χ4v) is 10.5. The maximum Gasteiger partial charge on any atom is 0.164 e. The molecule has 0 saturated heterocycles. The van der Waals surface area contributed by atoms with Gasteiger partial charge in [0.2, 0.25) is 0 Å². The first kappa shape index (κ1) is 36.6. The van der Waals surface area contributed by atoms with Crippen molar-refractivity contribution < 1.29 is 0 Å². The molecule has 286 valence electrons. The van der Waals surface area contributed by atoms with E-state index in [1.807, 2.05) is 30.3 Å². The first-order valence-corrected chi connectivity index (χ1v) is 21.1. The summed E-state index contributed by atoms with van der Waals surface area (Å²) in [5.74, 6) is 4.34. The van der Waals surface area contributed by atoms with Gasteiger partial charge in [-0.25, -0.2) is 15.0 Å². The lowest BCUT2D eigenvalue weighted by Crippen LogP contribution is -2.42. The minimum Gasteiger partial charge on any atom is -0.208 e. The second kappa shape index (κ2) is 15.2. The standard InChI is InChI=1S/C55H46N4/c1-36-29-39-30-37(2)33-55(32-36,34-39)49-26-23-44(24-27-49)47-25-28-50-48(31-47)9-6-10-51(50)54-58-52(45-19-15-42(16-20-45)40-7-4-3-5-8-40)57-53(59-54)46-21-17-43(18-22-46)41-13-11-38(35-56)12-14-41/h3-28,31,36-37,39H,29-30,32-34H2,1-2H3/t36-,37+,39-,55?. The van der Waals surface area contributed by atoms with Crippen LogP contribution in [-0.4, -0.2) is 15.0 Å². The molecule has 1 aromatic heterocycles. The molecule has 0 N–H and O–H groups in total. The SMILES string of the molecule is C[C@@H]1C[C@@H]2C[C@H](C)CC(c3ccc(-c4ccc5c(-c6nc(-c7ccc(-c8ccccc8)cc7)nc(-c7ccc(-c8ccc(C#N)cc8)cc7)n6)cccc5c4)cc3)(C1)C2. The molecule has 0 radical (unpaired) electrons. The maximum atomic E-state index is 9.27. The van der Waals surface area contributed by atoms with Crippen LogP contribution in [0.3, 0.4) is 0 Å². The lowest BCUT2D eigenvalue weighted by Gasteiger charge is -2.50. The van der Waals surface area contributed by atoms with E-state index in [-0.39, 0.29) is 0 Å². The number of hydrogen-bond donors (Lipinski definition) is 0. The van der Waals surface area contributed by atoms with Gasteiger partial charge in [0.1, 0.15) is 0 Å². The molecule has 4 atom stereocenters. The van der Waals surface area contributed by atoms with Crippen LogP contribution in [0, 0.1) is 29.1 Å². The number of aromatic nitrogens is 3. The Balaban J connectivity index is 1.01. The van der Waals surface area contributed by atoms with Crippen molar-refractivity contribution in [2.24, 2.45) is 17.8 Å². The van der Waals surface area contributed by atoms with Gasteiger partial charge >= 0.3 is 0 Å². The predicted molar refractivity (Wildman–Crippen MR) is 241 cm³/mol. The van der Waals surface area contributed by atoms with Crippen molar-refractivity contribution in [1.29, 1.82) is 5.26 Å². The van der Waals surface area contributed by atoms with E-state index in [1.165, 1.54) is 54.4 Å². The Hall–Kier alpha value is -6.70. The monoisotopic (exact) mass is 762 g/mol. The lowest BCUT2D eigenvalue weighted by molar-refractivity contribution is 0.0780. The number of benzene rings is 7. The van der Waals surface area contributed by atoms with Crippen molar-refractivity contribution in [3.63, 3.8) is 0 Å². The van der Waals surface area contributed by atoms with E-state index in [0.717, 1.165) is 61.9 Å². The third-order valence-electron chi connectivity index (χ3n) is 13.0. The van der Waals surface area contributed by atoms with Gasteiger partial charge in [0, 0.05) is 16.7 Å². The molecule has 4 heteroatoms. The molecule has 4 nitrogen and oxygen atoms in total. The topological polar surface area (TPSA) is 62.5 Å². The van der Waals surface area contributed by atoms with E-state index in [2.05, 4.69) is 153 Å². The highest BCUT2D eigenvalue weighted by Gasteiger charge is 2.45. The zero-order chi connectivity index (χ0) is 39.9. The van der Waals surface area contributed by atoms with Gasteiger partial charge in [-0.1, -0.05) is 159 Å². The van der Waals surface area contributed by atoms with Gasteiger partial charge in [-0.2, -0.15) is 5.26 Å². The molecule has 59 heavy (non-hydrogen) atoms. The highest BCUT2D eigenvalue weighted by Crippen LogP contribution is 2.54. The molecule has 2 aliphatic carbocycles. The van der Waals surface area contributed by atoms with E-state index in [1.54, 1.807) is 0 Å². The summed E-state index contributed by atoms with van der Waals surface area (Å²) < 4.78 is 0. The second-order valence-electron chi connectivity index (χ2n) is 17.3. The molecular weight excluding hydrogens is 717 g/mol. The van der Waals surface area contributed by atoms with Crippen LogP contribution in [0.5, 0.6) is 0 Å². The molecule has 0 spiro atoms. The second-order valence-corrected chi connectivity index (χ2v) is 17.3. The van der Waals surface area contributed by atoms with E-state index in [0.29, 0.717) is 28.5 Å². The summed E-state index contributed by atoms with van der Waals surface area (Å²) in [6.45, 7) is 4.93. The Morgan fingerprint density at radius 1 is 0.475 bits per heavy atom. The minimum atomic E-state index is 0.329. The lowest BCUT2D eigenvalue weighted by atomic mass is 9.54. The number of fused-ring (bicyclic) bond motifs is 3. The van der Waals surface area contributed by atoms with Crippen LogP contribution in [0.4, 0.5) is 0 Å². The molecule has 1 unspecified atom stereocenters. The van der Waals surface area contributed by atoms with Gasteiger partial charge in [-0.3, -0.25) is 0 Å². The van der Waals surface area contributed by atoms with Gasteiger partial charge in [0.05, 0.1) is 11.6 Å². The molecule has 1 heterocycles. The third kappa shape index (κ3) is 7.23. The molecule has 0 amide bonds. The Morgan fingerprint density at radius 2 is 0.966 bits per heavy atom. The molecule has 10 rings (SSSR count). The van der Waals surface area contributed by atoms with Crippen LogP contribution >= 0.6 is 0 Å². The van der Waals surface area contributed by atoms with Crippen molar-refractivity contribution in [1.82, 2.24) is 15.0 Å². The van der Waals surface area contributed by atoms with Gasteiger partial charge < -0.3 is 0 Å². The first-order chi connectivity index (χ1) is 28.9. The summed E-state index contributed by atoms with van der Waals surface area (Å²) in [5, 5.41) is 11.5. The summed E-state index contributed by atoms with van der Waals surface area (Å²) in [5.41, 5.74) is 12.2. The van der Waals surface area contributed by atoms with E-state index in [4.69, 9.17) is 15.0 Å². The van der Waals surface area contributed by atoms with Gasteiger partial charge in [0.15, 0.2) is 17.5 Å². The van der Waals surface area contributed by atoms with Gasteiger partial charge in [0.25, 0.3) is 0 Å². The zero-order valence-electron chi connectivity index (χ0n) is 33.6. The van der Waals surface area contributed by atoms with Crippen molar-refractivity contribution >= 4 is 10.8 Å². The predicted octanol–water partition coefficient (Wildman–Crippen LogP) is 14.0. The smallest absolute Gasteiger partial charge is 0.164 e. The number of hydrogen-bond acceptors (Lipinski definition) is 4. The average Bonchev–Trinajstić information content (AvgIpc) is 3.28. The first-order valence-electron chi connectivity index (χ1n) is 21.1. The highest BCUT2D eigenvalue weighted by atomic mass is 15.0. The maximum absolute atomic E-state index is 9.27. The summed E-state index contributed by atoms with van der Waals surface area (Å²) in [6.07, 6.45) is 6.77.